The molecule has 27 heavy (non-hydrogen) atoms. The quantitative estimate of drug-likeness (QED) is 0.634. The number of carbonyl (C=O) groups excluding carboxylic acids is 1. The summed E-state index contributed by atoms with van der Waals surface area (Å²) in [5.74, 6) is -0.530. The molecule has 142 valence electrons. The standard InChI is InChI=1S/C18H20FN5O3/c1-2-27-11-16(25)20-7-8-24-17-15(9-22-24)18(26)23(12-21-17)10-13-3-5-14(19)6-4-13/h3-6,9,12H,2,7-8,10-11H2,1H3,(H,20,25). The first-order chi connectivity index (χ1) is 13.1. The van der Waals surface area contributed by atoms with E-state index in [1.54, 1.807) is 16.8 Å². The number of amides is 1. The maximum absolute atomic E-state index is 13.0. The molecule has 0 saturated carbocycles. The van der Waals surface area contributed by atoms with E-state index < -0.39 is 0 Å². The van der Waals surface area contributed by atoms with Crippen molar-refractivity contribution in [1.82, 2.24) is 24.6 Å². The van der Waals surface area contributed by atoms with Crippen LogP contribution in [0.15, 0.2) is 41.6 Å². The fourth-order valence-corrected chi connectivity index (χ4v) is 2.61. The third-order valence-electron chi connectivity index (χ3n) is 3.97. The molecule has 0 atom stereocenters. The molecule has 0 spiro atoms. The summed E-state index contributed by atoms with van der Waals surface area (Å²) in [4.78, 5) is 28.5. The zero-order chi connectivity index (χ0) is 19.2. The van der Waals surface area contributed by atoms with Crippen LogP contribution in [0, 0.1) is 5.82 Å². The Hall–Kier alpha value is -3.07. The van der Waals surface area contributed by atoms with Crippen LogP contribution in [0.2, 0.25) is 0 Å². The molecule has 9 heteroatoms. The van der Waals surface area contributed by atoms with Gasteiger partial charge in [-0.05, 0) is 24.6 Å². The molecule has 2 heterocycles. The summed E-state index contributed by atoms with van der Waals surface area (Å²) in [5, 5.41) is 7.29. The van der Waals surface area contributed by atoms with Crippen molar-refractivity contribution in [2.24, 2.45) is 0 Å². The van der Waals surface area contributed by atoms with Gasteiger partial charge in [-0.15, -0.1) is 0 Å². The topological polar surface area (TPSA) is 91.0 Å². The van der Waals surface area contributed by atoms with E-state index in [0.29, 0.717) is 37.3 Å². The maximum Gasteiger partial charge on any atom is 0.264 e. The summed E-state index contributed by atoms with van der Waals surface area (Å²) in [6, 6.07) is 5.95. The molecule has 0 radical (unpaired) electrons. The van der Waals surface area contributed by atoms with Crippen molar-refractivity contribution in [2.75, 3.05) is 19.8 Å². The second-order valence-electron chi connectivity index (χ2n) is 5.90. The van der Waals surface area contributed by atoms with Crippen LogP contribution < -0.4 is 10.9 Å². The number of carbonyl (C=O) groups is 1. The van der Waals surface area contributed by atoms with Crippen molar-refractivity contribution in [1.29, 1.82) is 0 Å². The van der Waals surface area contributed by atoms with Gasteiger partial charge in [-0.2, -0.15) is 5.10 Å². The number of rotatable bonds is 8. The summed E-state index contributed by atoms with van der Waals surface area (Å²) in [6.07, 6.45) is 2.91. The van der Waals surface area contributed by atoms with E-state index in [1.165, 1.54) is 29.2 Å². The number of halogens is 1. The predicted octanol–water partition coefficient (Wildman–Crippen LogP) is 0.933. The van der Waals surface area contributed by atoms with Crippen molar-refractivity contribution in [3.05, 3.63) is 58.5 Å². The Bertz CT molecular complexity index is 981. The molecule has 0 aliphatic carbocycles. The van der Waals surface area contributed by atoms with Gasteiger partial charge in [0.15, 0.2) is 5.65 Å². The van der Waals surface area contributed by atoms with Crippen LogP contribution in [0.5, 0.6) is 0 Å². The molecule has 3 rings (SSSR count). The van der Waals surface area contributed by atoms with Crippen molar-refractivity contribution in [3.63, 3.8) is 0 Å². The van der Waals surface area contributed by atoms with Gasteiger partial charge in [-0.3, -0.25) is 14.2 Å². The SMILES string of the molecule is CCOCC(=O)NCCn1ncc2c(=O)n(Cc3ccc(F)cc3)cnc21. The minimum Gasteiger partial charge on any atom is -0.372 e. The molecule has 2 aromatic heterocycles. The Kier molecular flexibility index (Phi) is 5.92. The lowest BCUT2D eigenvalue weighted by Gasteiger charge is -2.07. The fraction of sp³-hybridized carbons (Fsp3) is 0.333. The summed E-state index contributed by atoms with van der Waals surface area (Å²) < 4.78 is 21.0. The van der Waals surface area contributed by atoms with E-state index in [-0.39, 0.29) is 23.9 Å². The number of fused-ring (bicyclic) bond motifs is 1. The largest absolute Gasteiger partial charge is 0.372 e. The highest BCUT2D eigenvalue weighted by Crippen LogP contribution is 2.08. The third-order valence-corrected chi connectivity index (χ3v) is 3.97. The van der Waals surface area contributed by atoms with Gasteiger partial charge in [0.1, 0.15) is 24.1 Å². The normalized spacial score (nSPS) is 11.0. The number of nitrogens with zero attached hydrogens (tertiary/aromatic N) is 4. The molecule has 0 fully saturated rings. The monoisotopic (exact) mass is 373 g/mol. The molecule has 0 aliphatic rings. The van der Waals surface area contributed by atoms with Gasteiger partial charge in [0.2, 0.25) is 5.91 Å². The maximum atomic E-state index is 13.0. The van der Waals surface area contributed by atoms with Gasteiger partial charge in [0.05, 0.1) is 19.3 Å². The highest BCUT2D eigenvalue weighted by molar-refractivity contribution is 5.77. The molecule has 0 unspecified atom stereocenters. The van der Waals surface area contributed by atoms with Gasteiger partial charge >= 0.3 is 0 Å². The predicted molar refractivity (Wildman–Crippen MR) is 96.8 cm³/mol. The van der Waals surface area contributed by atoms with Crippen LogP contribution in [0.4, 0.5) is 4.39 Å². The zero-order valence-corrected chi connectivity index (χ0v) is 14.9. The average molecular weight is 373 g/mol. The molecule has 0 saturated heterocycles. The zero-order valence-electron chi connectivity index (χ0n) is 14.9. The number of hydrogen-bond donors (Lipinski definition) is 1. The Labute approximate surface area is 154 Å². The molecular weight excluding hydrogens is 353 g/mol. The highest BCUT2D eigenvalue weighted by atomic mass is 19.1. The second kappa shape index (κ2) is 8.54. The van der Waals surface area contributed by atoms with Crippen molar-refractivity contribution in [3.8, 4) is 0 Å². The second-order valence-corrected chi connectivity index (χ2v) is 5.90. The van der Waals surface area contributed by atoms with E-state index in [1.807, 2.05) is 6.92 Å². The average Bonchev–Trinajstić information content (AvgIpc) is 3.08. The molecule has 3 aromatic rings. The van der Waals surface area contributed by atoms with Crippen molar-refractivity contribution in [2.45, 2.75) is 20.0 Å². The van der Waals surface area contributed by atoms with Crippen LogP contribution in [0.3, 0.4) is 0 Å². The lowest BCUT2D eigenvalue weighted by Crippen LogP contribution is -2.31. The molecule has 1 amide bonds. The lowest BCUT2D eigenvalue weighted by atomic mass is 10.2. The lowest BCUT2D eigenvalue weighted by molar-refractivity contribution is -0.125. The van der Waals surface area contributed by atoms with Crippen molar-refractivity contribution >= 4 is 16.9 Å². The van der Waals surface area contributed by atoms with Crippen LogP contribution >= 0.6 is 0 Å². The minimum atomic E-state index is -0.325. The first-order valence-corrected chi connectivity index (χ1v) is 8.58. The summed E-state index contributed by atoms with van der Waals surface area (Å²) in [5.41, 5.74) is 1.02. The fourth-order valence-electron chi connectivity index (χ4n) is 2.61. The van der Waals surface area contributed by atoms with E-state index in [2.05, 4.69) is 15.4 Å². The van der Waals surface area contributed by atoms with Crippen LogP contribution in [-0.2, 0) is 22.6 Å². The van der Waals surface area contributed by atoms with Gasteiger partial charge in [0.25, 0.3) is 5.56 Å². The summed E-state index contributed by atoms with van der Waals surface area (Å²) >= 11 is 0. The number of benzene rings is 1. The molecule has 1 N–H and O–H groups in total. The number of nitrogens with one attached hydrogen (secondary N) is 1. The Morgan fingerprint density at radius 2 is 2.07 bits per heavy atom. The number of aromatic nitrogens is 4. The third kappa shape index (κ3) is 4.56. The molecule has 0 aliphatic heterocycles. The Morgan fingerprint density at radius 3 is 2.81 bits per heavy atom. The molecule has 0 bridgehead atoms. The summed E-state index contributed by atoms with van der Waals surface area (Å²) in [6.45, 7) is 3.34. The smallest absolute Gasteiger partial charge is 0.264 e. The van der Waals surface area contributed by atoms with Crippen LogP contribution in [0.1, 0.15) is 12.5 Å². The first-order valence-electron chi connectivity index (χ1n) is 8.58. The van der Waals surface area contributed by atoms with E-state index in [9.17, 15) is 14.0 Å². The van der Waals surface area contributed by atoms with E-state index in [4.69, 9.17) is 4.74 Å². The van der Waals surface area contributed by atoms with E-state index >= 15 is 0 Å². The molecule has 1 aromatic carbocycles. The summed E-state index contributed by atoms with van der Waals surface area (Å²) in [7, 11) is 0. The van der Waals surface area contributed by atoms with Crippen LogP contribution in [-0.4, -0.2) is 45.0 Å². The van der Waals surface area contributed by atoms with Gasteiger partial charge in [0, 0.05) is 13.2 Å². The van der Waals surface area contributed by atoms with Crippen molar-refractivity contribution < 1.29 is 13.9 Å². The van der Waals surface area contributed by atoms with Gasteiger partial charge < -0.3 is 10.1 Å². The first kappa shape index (κ1) is 18.7. The Morgan fingerprint density at radius 1 is 1.30 bits per heavy atom. The van der Waals surface area contributed by atoms with E-state index in [0.717, 1.165) is 5.56 Å². The number of hydrogen-bond acceptors (Lipinski definition) is 5. The Balaban J connectivity index is 1.70. The highest BCUT2D eigenvalue weighted by Gasteiger charge is 2.11. The van der Waals surface area contributed by atoms with Crippen LogP contribution in [0.25, 0.3) is 11.0 Å². The number of ether oxygens (including phenoxy) is 1. The minimum absolute atomic E-state index is 0.0166. The molecule has 8 nitrogen and oxygen atoms in total. The van der Waals surface area contributed by atoms with Gasteiger partial charge in [-0.1, -0.05) is 12.1 Å². The van der Waals surface area contributed by atoms with Gasteiger partial charge in [-0.25, -0.2) is 14.1 Å². The molecular formula is C18H20FN5O3.